The molecule has 58 valence electrons. The molecule has 2 heterocycles. The molecule has 11 heavy (non-hydrogen) atoms. The van der Waals surface area contributed by atoms with Gasteiger partial charge in [-0.2, -0.15) is 5.26 Å². The van der Waals surface area contributed by atoms with Crippen LogP contribution in [-0.4, -0.2) is 23.5 Å². The summed E-state index contributed by atoms with van der Waals surface area (Å²) in [6, 6.07) is 2.42. The minimum absolute atomic E-state index is 0.0845. The third-order valence-corrected chi connectivity index (χ3v) is 2.89. The summed E-state index contributed by atoms with van der Waals surface area (Å²) in [4.78, 5) is 2.25. The first-order valence-electron chi connectivity index (χ1n) is 4.08. The summed E-state index contributed by atoms with van der Waals surface area (Å²) in [6.07, 6.45) is 4.08. The van der Waals surface area contributed by atoms with E-state index in [0.717, 1.165) is 31.8 Å². The normalized spacial score (nSPS) is 41.2. The van der Waals surface area contributed by atoms with Gasteiger partial charge in [0.2, 0.25) is 0 Å². The summed E-state index contributed by atoms with van der Waals surface area (Å²) >= 11 is 0. The number of rotatable bonds is 2. The first kappa shape index (κ1) is 6.87. The summed E-state index contributed by atoms with van der Waals surface area (Å²) in [6.45, 7) is 5.68. The van der Waals surface area contributed by atoms with Crippen LogP contribution >= 0.6 is 0 Å². The molecule has 2 heteroatoms. The van der Waals surface area contributed by atoms with Crippen molar-refractivity contribution in [1.82, 2.24) is 4.90 Å². The smallest absolute Gasteiger partial charge is 0.110 e. The zero-order valence-electron chi connectivity index (χ0n) is 6.58. The molecule has 0 atom stereocenters. The maximum absolute atomic E-state index is 8.93. The minimum Gasteiger partial charge on any atom is -0.282 e. The highest BCUT2D eigenvalue weighted by Gasteiger charge is 2.55. The van der Waals surface area contributed by atoms with Crippen molar-refractivity contribution in [2.75, 3.05) is 13.1 Å². The molecule has 0 aromatic heterocycles. The molecule has 0 spiro atoms. The predicted molar refractivity (Wildman–Crippen MR) is 42.8 cm³/mol. The molecular formula is C9H12N2. The van der Waals surface area contributed by atoms with Crippen LogP contribution in [0.15, 0.2) is 12.7 Å². The molecule has 0 aromatic rings. The van der Waals surface area contributed by atoms with Crippen LogP contribution < -0.4 is 0 Å². The largest absolute Gasteiger partial charge is 0.282 e. The molecule has 0 amide bonds. The molecule has 3 fully saturated rings. The van der Waals surface area contributed by atoms with Crippen LogP contribution in [0.3, 0.4) is 0 Å². The minimum atomic E-state index is -0.0845. The second kappa shape index (κ2) is 2.09. The van der Waals surface area contributed by atoms with E-state index in [1.807, 2.05) is 6.08 Å². The highest BCUT2D eigenvalue weighted by Crippen LogP contribution is 2.49. The number of fused-ring (bicyclic) bond motifs is 1. The molecule has 2 aliphatic heterocycles. The Labute approximate surface area is 67.1 Å². The standard InChI is InChI=1S/C9H12N2/c1-2-3-11-6-8-4-9(11,5-8)7-10/h2,8H,1,3-6H2. The molecule has 0 radical (unpaired) electrons. The Morgan fingerprint density at radius 2 is 2.45 bits per heavy atom. The van der Waals surface area contributed by atoms with Gasteiger partial charge in [-0.3, -0.25) is 4.90 Å². The zero-order valence-corrected chi connectivity index (χ0v) is 6.58. The number of nitrogens with zero attached hydrogens (tertiary/aromatic N) is 2. The van der Waals surface area contributed by atoms with Crippen LogP contribution in [0.1, 0.15) is 12.8 Å². The van der Waals surface area contributed by atoms with Gasteiger partial charge in [-0.15, -0.1) is 6.58 Å². The van der Waals surface area contributed by atoms with E-state index in [0.29, 0.717) is 0 Å². The Morgan fingerprint density at radius 1 is 1.73 bits per heavy atom. The van der Waals surface area contributed by atoms with Crippen LogP contribution in [0.25, 0.3) is 0 Å². The molecule has 0 N–H and O–H groups in total. The maximum Gasteiger partial charge on any atom is 0.110 e. The lowest BCUT2D eigenvalue weighted by atomic mass is 9.74. The van der Waals surface area contributed by atoms with Gasteiger partial charge in [0.05, 0.1) is 6.07 Å². The number of nitriles is 1. The summed E-state index contributed by atoms with van der Waals surface area (Å²) in [5.41, 5.74) is -0.0845. The summed E-state index contributed by atoms with van der Waals surface area (Å²) in [5.74, 6) is 0.801. The van der Waals surface area contributed by atoms with Crippen molar-refractivity contribution in [3.05, 3.63) is 12.7 Å². The highest BCUT2D eigenvalue weighted by molar-refractivity contribution is 5.22. The predicted octanol–water partition coefficient (Wildman–Crippen LogP) is 1.16. The lowest BCUT2D eigenvalue weighted by Crippen LogP contribution is -2.44. The summed E-state index contributed by atoms with van der Waals surface area (Å²) < 4.78 is 0. The second-order valence-corrected chi connectivity index (χ2v) is 3.61. The summed E-state index contributed by atoms with van der Waals surface area (Å²) in [7, 11) is 0. The summed E-state index contributed by atoms with van der Waals surface area (Å²) in [5, 5.41) is 8.93. The van der Waals surface area contributed by atoms with Gasteiger partial charge in [0.1, 0.15) is 5.54 Å². The van der Waals surface area contributed by atoms with E-state index < -0.39 is 0 Å². The van der Waals surface area contributed by atoms with E-state index in [2.05, 4.69) is 17.5 Å². The van der Waals surface area contributed by atoms with Crippen molar-refractivity contribution in [2.45, 2.75) is 18.4 Å². The fourth-order valence-corrected chi connectivity index (χ4v) is 2.34. The molecule has 3 aliphatic rings. The fourth-order valence-electron chi connectivity index (χ4n) is 2.34. The average molecular weight is 148 g/mol. The van der Waals surface area contributed by atoms with E-state index in [1.54, 1.807) is 0 Å². The van der Waals surface area contributed by atoms with E-state index in [-0.39, 0.29) is 5.54 Å². The van der Waals surface area contributed by atoms with Crippen molar-refractivity contribution >= 4 is 0 Å². The topological polar surface area (TPSA) is 27.0 Å². The van der Waals surface area contributed by atoms with Gasteiger partial charge in [-0.1, -0.05) is 6.08 Å². The molecule has 2 bridgehead atoms. The van der Waals surface area contributed by atoms with Crippen LogP contribution in [0.2, 0.25) is 0 Å². The first-order chi connectivity index (χ1) is 5.30. The molecule has 2 saturated heterocycles. The fraction of sp³-hybridized carbons (Fsp3) is 0.667. The number of hydrogen-bond donors (Lipinski definition) is 0. The van der Waals surface area contributed by atoms with Crippen LogP contribution in [0.5, 0.6) is 0 Å². The van der Waals surface area contributed by atoms with Crippen molar-refractivity contribution in [2.24, 2.45) is 5.92 Å². The Balaban J connectivity index is 2.13. The third kappa shape index (κ3) is 0.749. The van der Waals surface area contributed by atoms with Gasteiger partial charge < -0.3 is 0 Å². The molecule has 1 aliphatic carbocycles. The zero-order chi connectivity index (χ0) is 7.90. The molecular weight excluding hydrogens is 136 g/mol. The number of hydrogen-bond acceptors (Lipinski definition) is 2. The lowest BCUT2D eigenvalue weighted by molar-refractivity contribution is 0.184. The van der Waals surface area contributed by atoms with E-state index >= 15 is 0 Å². The molecule has 1 saturated carbocycles. The van der Waals surface area contributed by atoms with Crippen LogP contribution in [-0.2, 0) is 0 Å². The Morgan fingerprint density at radius 3 is 3.00 bits per heavy atom. The van der Waals surface area contributed by atoms with Gasteiger partial charge in [0.15, 0.2) is 0 Å². The van der Waals surface area contributed by atoms with Gasteiger partial charge in [0, 0.05) is 13.1 Å². The maximum atomic E-state index is 8.93. The van der Waals surface area contributed by atoms with E-state index in [1.165, 1.54) is 0 Å². The second-order valence-electron chi connectivity index (χ2n) is 3.61. The van der Waals surface area contributed by atoms with Gasteiger partial charge in [0.25, 0.3) is 0 Å². The van der Waals surface area contributed by atoms with Crippen LogP contribution in [0, 0.1) is 17.2 Å². The SMILES string of the molecule is C=CCN1CC2CC1(C#N)C2. The van der Waals surface area contributed by atoms with E-state index in [9.17, 15) is 0 Å². The lowest BCUT2D eigenvalue weighted by Gasteiger charge is -2.35. The van der Waals surface area contributed by atoms with Crippen molar-refractivity contribution in [3.8, 4) is 6.07 Å². The van der Waals surface area contributed by atoms with Crippen molar-refractivity contribution in [3.63, 3.8) is 0 Å². The quantitative estimate of drug-likeness (QED) is 0.549. The van der Waals surface area contributed by atoms with Crippen LogP contribution in [0.4, 0.5) is 0 Å². The van der Waals surface area contributed by atoms with E-state index in [4.69, 9.17) is 5.26 Å². The van der Waals surface area contributed by atoms with Gasteiger partial charge >= 0.3 is 0 Å². The Bertz CT molecular complexity index is 220. The molecule has 3 rings (SSSR count). The first-order valence-corrected chi connectivity index (χ1v) is 4.08. The van der Waals surface area contributed by atoms with Crippen molar-refractivity contribution in [1.29, 1.82) is 5.26 Å². The monoisotopic (exact) mass is 148 g/mol. The molecule has 2 nitrogen and oxygen atoms in total. The van der Waals surface area contributed by atoms with Crippen molar-refractivity contribution < 1.29 is 0 Å². The highest BCUT2D eigenvalue weighted by atomic mass is 15.3. The van der Waals surface area contributed by atoms with Gasteiger partial charge in [-0.25, -0.2) is 0 Å². The van der Waals surface area contributed by atoms with Gasteiger partial charge in [-0.05, 0) is 18.8 Å². The molecule has 0 aromatic carbocycles. The Kier molecular flexibility index (Phi) is 1.30. The molecule has 0 unspecified atom stereocenters. The third-order valence-electron chi connectivity index (χ3n) is 2.89. The Hall–Kier alpha value is -0.810. The average Bonchev–Trinajstić information content (AvgIpc) is 2.41.